The van der Waals surface area contributed by atoms with E-state index in [-0.39, 0.29) is 30.2 Å². The molecule has 0 radical (unpaired) electrons. The molecule has 6 unspecified atom stereocenters. The number of phenols is 1. The Morgan fingerprint density at radius 1 is 0.792 bits per heavy atom. The normalized spacial score (nSPS) is 31.5. The van der Waals surface area contributed by atoms with Gasteiger partial charge < -0.3 is 14.7 Å². The molecular weight excluding hydrogens is 660 g/mol. The molecule has 4 amide bonds. The molecule has 3 saturated heterocycles. The summed E-state index contributed by atoms with van der Waals surface area (Å²) < 4.78 is 19.3. The van der Waals surface area contributed by atoms with Crippen molar-refractivity contribution in [1.29, 1.82) is 0 Å². The van der Waals surface area contributed by atoms with Crippen molar-refractivity contribution in [1.82, 2.24) is 0 Å². The van der Waals surface area contributed by atoms with E-state index in [0.717, 1.165) is 35.8 Å². The lowest BCUT2D eigenvalue weighted by molar-refractivity contribution is -0.125. The summed E-state index contributed by atoms with van der Waals surface area (Å²) in [5, 5.41) is 10.5. The summed E-state index contributed by atoms with van der Waals surface area (Å²) in [7, 11) is 0. The van der Waals surface area contributed by atoms with Crippen molar-refractivity contribution in [3.8, 4) is 5.75 Å². The summed E-state index contributed by atoms with van der Waals surface area (Å²) in [5.74, 6) is -6.32. The molecule has 6 atom stereocenters. The highest BCUT2D eigenvalue weighted by molar-refractivity contribution is 6.58. The summed E-state index contributed by atoms with van der Waals surface area (Å²) >= 11 is 14.7. The maximum Gasteiger partial charge on any atom is 0.258 e. The lowest BCUT2D eigenvalue weighted by Crippen LogP contribution is -2.60. The molecule has 3 aromatic rings. The fourth-order valence-electron chi connectivity index (χ4n) is 8.37. The molecule has 246 valence electrons. The molecular formula is C36H30Cl2FN3O6. The maximum absolute atomic E-state index is 14.4. The second kappa shape index (κ2) is 11.1. The molecule has 3 heterocycles. The van der Waals surface area contributed by atoms with Gasteiger partial charge in [0.15, 0.2) is 9.75 Å². The van der Waals surface area contributed by atoms with E-state index in [9.17, 15) is 28.7 Å². The number of carbonyl (C=O) groups excluding carboxylic acids is 4. The first-order valence-electron chi connectivity index (χ1n) is 15.9. The summed E-state index contributed by atoms with van der Waals surface area (Å²) in [6.07, 6.45) is 1.87. The summed E-state index contributed by atoms with van der Waals surface area (Å²) in [5.41, 5.74) is 2.55. The Kier molecular flexibility index (Phi) is 7.21. The third-order valence-electron chi connectivity index (χ3n) is 10.6. The van der Waals surface area contributed by atoms with Gasteiger partial charge in [-0.05, 0) is 85.0 Å². The van der Waals surface area contributed by atoms with Crippen LogP contribution in [0.3, 0.4) is 0 Å². The standard InChI is InChI=1S/C36H30Cl2FN3O6/c37-35-19-28-26(12-13-27-29(28)32(45)41(31(27)44)23-10-8-22(9-11-23)40-14-16-48-17-15-40)30(20-2-1-3-25(43)18-20)36(35,38)34(47)42(33(35)46)24-6-4-21(39)5-7-24/h1-12,18,27-30,43H,13-17,19H2. The molecule has 4 fully saturated rings. The third kappa shape index (κ3) is 4.32. The van der Waals surface area contributed by atoms with Crippen molar-refractivity contribution in [3.63, 3.8) is 0 Å². The minimum absolute atomic E-state index is 0.0877. The number of morpholine rings is 1. The van der Waals surface area contributed by atoms with Crippen LogP contribution < -0.4 is 14.7 Å². The number of benzene rings is 3. The fourth-order valence-corrected chi connectivity index (χ4v) is 9.30. The Morgan fingerprint density at radius 3 is 2.12 bits per heavy atom. The van der Waals surface area contributed by atoms with E-state index in [4.69, 9.17) is 27.9 Å². The minimum atomic E-state index is -2.07. The Balaban J connectivity index is 1.20. The first kappa shape index (κ1) is 31.0. The lowest BCUT2D eigenvalue weighted by atomic mass is 9.56. The number of nitrogens with zero attached hydrogens (tertiary/aromatic N) is 3. The fraction of sp³-hybridized carbons (Fsp3) is 0.333. The Hall–Kier alpha value is -4.25. The minimum Gasteiger partial charge on any atom is -0.508 e. The first-order valence-corrected chi connectivity index (χ1v) is 16.6. The van der Waals surface area contributed by atoms with Gasteiger partial charge in [-0.15, -0.1) is 23.2 Å². The number of phenolic OH excluding ortho intramolecular Hbond substituents is 1. The van der Waals surface area contributed by atoms with Crippen molar-refractivity contribution in [2.45, 2.75) is 28.5 Å². The van der Waals surface area contributed by atoms with Crippen molar-refractivity contribution < 1.29 is 33.4 Å². The van der Waals surface area contributed by atoms with Crippen LogP contribution in [0, 0.1) is 23.6 Å². The van der Waals surface area contributed by atoms with Gasteiger partial charge >= 0.3 is 0 Å². The number of hydrogen-bond acceptors (Lipinski definition) is 7. The average Bonchev–Trinajstić information content (AvgIpc) is 3.43. The summed E-state index contributed by atoms with van der Waals surface area (Å²) in [6.45, 7) is 2.72. The molecule has 3 aliphatic heterocycles. The van der Waals surface area contributed by atoms with Crippen LogP contribution in [0.5, 0.6) is 5.75 Å². The van der Waals surface area contributed by atoms with Crippen LogP contribution in [0.2, 0.25) is 0 Å². The Labute approximate surface area is 285 Å². The zero-order valence-corrected chi connectivity index (χ0v) is 27.0. The number of amides is 4. The molecule has 5 aliphatic rings. The van der Waals surface area contributed by atoms with Crippen molar-refractivity contribution >= 4 is 63.9 Å². The second-order valence-electron chi connectivity index (χ2n) is 13.0. The van der Waals surface area contributed by atoms with E-state index in [1.165, 1.54) is 29.2 Å². The van der Waals surface area contributed by atoms with Crippen LogP contribution in [-0.4, -0.2) is 64.8 Å². The molecule has 0 aromatic heterocycles. The van der Waals surface area contributed by atoms with Crippen molar-refractivity contribution in [2.75, 3.05) is 41.0 Å². The number of carbonyl (C=O) groups is 4. The quantitative estimate of drug-likeness (QED) is 0.230. The number of alkyl halides is 2. The van der Waals surface area contributed by atoms with Crippen LogP contribution in [0.15, 0.2) is 84.4 Å². The predicted octanol–water partition coefficient (Wildman–Crippen LogP) is 5.14. The molecule has 1 saturated carbocycles. The number of aromatic hydroxyl groups is 1. The zero-order valence-electron chi connectivity index (χ0n) is 25.5. The van der Waals surface area contributed by atoms with Gasteiger partial charge in [0.1, 0.15) is 11.6 Å². The summed E-state index contributed by atoms with van der Waals surface area (Å²) in [6, 6.07) is 18.4. The molecule has 8 rings (SSSR count). The molecule has 3 aromatic carbocycles. The highest BCUT2D eigenvalue weighted by atomic mass is 35.5. The van der Waals surface area contributed by atoms with Gasteiger partial charge in [0.25, 0.3) is 11.8 Å². The number of anilines is 3. The topological polar surface area (TPSA) is 107 Å². The van der Waals surface area contributed by atoms with Crippen LogP contribution in [0.4, 0.5) is 21.5 Å². The van der Waals surface area contributed by atoms with Gasteiger partial charge in [-0.2, -0.15) is 0 Å². The van der Waals surface area contributed by atoms with E-state index < -0.39 is 57.0 Å². The van der Waals surface area contributed by atoms with E-state index in [1.54, 1.807) is 24.3 Å². The summed E-state index contributed by atoms with van der Waals surface area (Å²) in [4.78, 5) is 57.2. The van der Waals surface area contributed by atoms with Gasteiger partial charge in [0, 0.05) is 24.7 Å². The molecule has 1 N–H and O–H groups in total. The Morgan fingerprint density at radius 2 is 1.44 bits per heavy atom. The number of hydrogen-bond donors (Lipinski definition) is 1. The van der Waals surface area contributed by atoms with E-state index in [2.05, 4.69) is 4.90 Å². The zero-order chi connectivity index (χ0) is 33.5. The monoisotopic (exact) mass is 689 g/mol. The van der Waals surface area contributed by atoms with Crippen LogP contribution >= 0.6 is 23.2 Å². The van der Waals surface area contributed by atoms with Gasteiger partial charge in [-0.25, -0.2) is 9.29 Å². The highest BCUT2D eigenvalue weighted by Gasteiger charge is 2.76. The van der Waals surface area contributed by atoms with Crippen LogP contribution in [0.25, 0.3) is 0 Å². The second-order valence-corrected chi connectivity index (χ2v) is 14.2. The van der Waals surface area contributed by atoms with E-state index in [1.807, 2.05) is 18.2 Å². The van der Waals surface area contributed by atoms with Crippen molar-refractivity contribution in [2.24, 2.45) is 17.8 Å². The predicted molar refractivity (Wildman–Crippen MR) is 177 cm³/mol. The van der Waals surface area contributed by atoms with E-state index >= 15 is 0 Å². The number of ether oxygens (including phenoxy) is 1. The average molecular weight is 691 g/mol. The third-order valence-corrected chi connectivity index (χ3v) is 12.0. The van der Waals surface area contributed by atoms with Gasteiger partial charge in [-0.3, -0.25) is 24.1 Å². The number of imide groups is 2. The van der Waals surface area contributed by atoms with Crippen LogP contribution in [0.1, 0.15) is 24.3 Å². The largest absolute Gasteiger partial charge is 0.508 e. The van der Waals surface area contributed by atoms with E-state index in [0.29, 0.717) is 30.0 Å². The SMILES string of the molecule is O=C1C2CC=C3C(CC4(Cl)C(=O)N(c5ccc(F)cc5)C(=O)C4(Cl)C3c3cccc(O)c3)C2C(=O)N1c1ccc(N2CCOCC2)cc1. The van der Waals surface area contributed by atoms with Crippen molar-refractivity contribution in [3.05, 3.63) is 95.8 Å². The van der Waals surface area contributed by atoms with Gasteiger partial charge in [0.2, 0.25) is 11.8 Å². The first-order chi connectivity index (χ1) is 23.0. The molecule has 0 bridgehead atoms. The Bertz CT molecular complexity index is 1900. The van der Waals surface area contributed by atoms with Gasteiger partial charge in [0.05, 0.1) is 36.4 Å². The molecule has 12 heteroatoms. The number of fused-ring (bicyclic) bond motifs is 4. The molecule has 0 spiro atoms. The molecule has 48 heavy (non-hydrogen) atoms. The number of allylic oxidation sites excluding steroid dienone is 2. The molecule has 9 nitrogen and oxygen atoms in total. The number of halogens is 3. The highest BCUT2D eigenvalue weighted by Crippen LogP contribution is 2.66. The maximum atomic E-state index is 14.4. The lowest BCUT2D eigenvalue weighted by Gasteiger charge is -2.50. The molecule has 2 aliphatic carbocycles. The van der Waals surface area contributed by atoms with Gasteiger partial charge in [-0.1, -0.05) is 23.8 Å². The smallest absolute Gasteiger partial charge is 0.258 e. The number of rotatable bonds is 4. The van der Waals surface area contributed by atoms with Crippen LogP contribution in [-0.2, 0) is 23.9 Å².